The molecule has 1 amide bonds. The molecule has 0 saturated carbocycles. The first-order chi connectivity index (χ1) is 14.4. The highest BCUT2D eigenvalue weighted by atomic mass is 16.5. The Morgan fingerprint density at radius 3 is 2.43 bits per heavy atom. The van der Waals surface area contributed by atoms with E-state index in [-0.39, 0.29) is 11.5 Å². The Labute approximate surface area is 180 Å². The van der Waals surface area contributed by atoms with Gasteiger partial charge in [0.2, 0.25) is 0 Å². The van der Waals surface area contributed by atoms with E-state index in [9.17, 15) is 4.79 Å². The van der Waals surface area contributed by atoms with E-state index in [1.54, 1.807) is 0 Å². The van der Waals surface area contributed by atoms with Gasteiger partial charge in [-0.1, -0.05) is 19.0 Å². The molecule has 3 saturated heterocycles. The third kappa shape index (κ3) is 4.58. The molecular formula is C23H38N4O3. The number of piperazine rings is 1. The van der Waals surface area contributed by atoms with Gasteiger partial charge in [0.1, 0.15) is 11.3 Å². The second kappa shape index (κ2) is 8.97. The van der Waals surface area contributed by atoms with Gasteiger partial charge in [-0.25, -0.2) is 0 Å². The summed E-state index contributed by atoms with van der Waals surface area (Å²) in [7, 11) is 0. The van der Waals surface area contributed by atoms with Crippen LogP contribution in [0.25, 0.3) is 0 Å². The van der Waals surface area contributed by atoms with Crippen LogP contribution in [0.2, 0.25) is 0 Å². The molecule has 1 aromatic rings. The van der Waals surface area contributed by atoms with Gasteiger partial charge < -0.3 is 19.1 Å². The molecule has 3 fully saturated rings. The minimum atomic E-state index is -0.0620. The van der Waals surface area contributed by atoms with Crippen molar-refractivity contribution in [2.75, 3.05) is 52.4 Å². The molecule has 0 radical (unpaired) electrons. The van der Waals surface area contributed by atoms with E-state index in [1.165, 1.54) is 32.7 Å². The Morgan fingerprint density at radius 1 is 1.13 bits per heavy atom. The van der Waals surface area contributed by atoms with Gasteiger partial charge in [-0.3, -0.25) is 9.69 Å². The lowest BCUT2D eigenvalue weighted by atomic mass is 9.81. The highest BCUT2D eigenvalue weighted by Crippen LogP contribution is 2.37. The first kappa shape index (κ1) is 21.8. The van der Waals surface area contributed by atoms with Crippen molar-refractivity contribution in [3.63, 3.8) is 0 Å². The number of carbonyl (C=O) groups is 1. The van der Waals surface area contributed by atoms with Crippen LogP contribution in [-0.4, -0.2) is 89.8 Å². The number of ether oxygens (including phenoxy) is 1. The number of carbonyl (C=O) groups excluding carboxylic acids is 1. The highest BCUT2D eigenvalue weighted by Gasteiger charge is 2.43. The monoisotopic (exact) mass is 418 g/mol. The van der Waals surface area contributed by atoms with Gasteiger partial charge in [-0.05, 0) is 45.4 Å². The molecule has 7 heteroatoms. The molecule has 0 aromatic carbocycles. The fraction of sp³-hybridized carbons (Fsp3) is 0.826. The normalized spacial score (nSPS) is 25.9. The fourth-order valence-electron chi connectivity index (χ4n) is 5.55. The number of hydrogen-bond acceptors (Lipinski definition) is 6. The number of hydrogen-bond donors (Lipinski definition) is 0. The molecule has 4 heterocycles. The molecule has 3 aliphatic heterocycles. The minimum Gasteiger partial charge on any atom is -0.375 e. The number of nitrogens with zero attached hydrogens (tertiary/aromatic N) is 4. The van der Waals surface area contributed by atoms with Gasteiger partial charge in [0.25, 0.3) is 5.91 Å². The largest absolute Gasteiger partial charge is 0.375 e. The summed E-state index contributed by atoms with van der Waals surface area (Å²) >= 11 is 0. The van der Waals surface area contributed by atoms with Crippen LogP contribution in [0.1, 0.15) is 61.3 Å². The third-order valence-electron chi connectivity index (χ3n) is 7.22. The van der Waals surface area contributed by atoms with E-state index < -0.39 is 0 Å². The number of amides is 1. The number of aryl methyl sites for hydroxylation is 2. The Kier molecular flexibility index (Phi) is 6.51. The number of likely N-dealkylation sites (tertiary alicyclic amines) is 1. The molecule has 168 valence electrons. The van der Waals surface area contributed by atoms with Crippen LogP contribution in [-0.2, 0) is 4.74 Å². The molecule has 1 aromatic heterocycles. The van der Waals surface area contributed by atoms with E-state index in [4.69, 9.17) is 9.26 Å². The SMILES string of the molecule is Cc1noc(C)c1C(=O)N1CCC2(CC1)C[C@H](N1CCN(CC(C)C)CC1)CCO2. The van der Waals surface area contributed by atoms with E-state index in [1.807, 2.05) is 18.7 Å². The van der Waals surface area contributed by atoms with Crippen molar-refractivity contribution in [3.8, 4) is 0 Å². The van der Waals surface area contributed by atoms with Crippen LogP contribution in [0.4, 0.5) is 0 Å². The molecule has 0 N–H and O–H groups in total. The van der Waals surface area contributed by atoms with Crippen molar-refractivity contribution in [1.29, 1.82) is 0 Å². The minimum absolute atomic E-state index is 0.0507. The molecule has 4 rings (SSSR count). The van der Waals surface area contributed by atoms with Crippen molar-refractivity contribution < 1.29 is 14.1 Å². The summed E-state index contributed by atoms with van der Waals surface area (Å²) < 4.78 is 11.6. The Bertz CT molecular complexity index is 711. The van der Waals surface area contributed by atoms with Crippen molar-refractivity contribution in [2.45, 2.75) is 65.0 Å². The van der Waals surface area contributed by atoms with Crippen LogP contribution >= 0.6 is 0 Å². The lowest BCUT2D eigenvalue weighted by Gasteiger charge is -2.49. The molecule has 30 heavy (non-hydrogen) atoms. The van der Waals surface area contributed by atoms with Gasteiger partial charge >= 0.3 is 0 Å². The van der Waals surface area contributed by atoms with Gasteiger partial charge in [-0.2, -0.15) is 0 Å². The van der Waals surface area contributed by atoms with Crippen LogP contribution in [0.5, 0.6) is 0 Å². The third-order valence-corrected chi connectivity index (χ3v) is 7.22. The van der Waals surface area contributed by atoms with Crippen molar-refractivity contribution in [3.05, 3.63) is 17.0 Å². The summed E-state index contributed by atoms with van der Waals surface area (Å²) in [6.45, 7) is 16.5. The molecular weight excluding hydrogens is 380 g/mol. The summed E-state index contributed by atoms with van der Waals surface area (Å²) in [5, 5.41) is 3.94. The summed E-state index contributed by atoms with van der Waals surface area (Å²) in [5.74, 6) is 1.40. The average molecular weight is 419 g/mol. The lowest BCUT2D eigenvalue weighted by Crippen LogP contribution is -2.57. The predicted molar refractivity (Wildman–Crippen MR) is 116 cm³/mol. The van der Waals surface area contributed by atoms with Crippen molar-refractivity contribution in [1.82, 2.24) is 19.9 Å². The van der Waals surface area contributed by atoms with Crippen molar-refractivity contribution in [2.24, 2.45) is 5.92 Å². The first-order valence-electron chi connectivity index (χ1n) is 11.7. The van der Waals surface area contributed by atoms with Gasteiger partial charge in [0.15, 0.2) is 0 Å². The van der Waals surface area contributed by atoms with Crippen LogP contribution in [0.15, 0.2) is 4.52 Å². The molecule has 7 nitrogen and oxygen atoms in total. The van der Waals surface area contributed by atoms with E-state index in [0.717, 1.165) is 51.3 Å². The topological polar surface area (TPSA) is 62.1 Å². The van der Waals surface area contributed by atoms with Crippen LogP contribution in [0, 0.1) is 19.8 Å². The summed E-state index contributed by atoms with van der Waals surface area (Å²) in [4.78, 5) is 20.2. The zero-order valence-electron chi connectivity index (χ0n) is 19.2. The van der Waals surface area contributed by atoms with Crippen LogP contribution < -0.4 is 0 Å². The lowest BCUT2D eigenvalue weighted by molar-refractivity contribution is -0.132. The van der Waals surface area contributed by atoms with Crippen LogP contribution in [0.3, 0.4) is 0 Å². The highest BCUT2D eigenvalue weighted by molar-refractivity contribution is 5.96. The Balaban J connectivity index is 1.31. The molecule has 1 spiro atoms. The van der Waals surface area contributed by atoms with Gasteiger partial charge in [0.05, 0.1) is 11.3 Å². The molecule has 0 aliphatic carbocycles. The van der Waals surface area contributed by atoms with E-state index >= 15 is 0 Å². The fourth-order valence-corrected chi connectivity index (χ4v) is 5.55. The molecule has 1 atom stereocenters. The van der Waals surface area contributed by atoms with E-state index in [2.05, 4.69) is 28.8 Å². The number of rotatable bonds is 4. The molecule has 3 aliphatic rings. The molecule has 0 bridgehead atoms. The average Bonchev–Trinajstić information content (AvgIpc) is 3.06. The maximum absolute atomic E-state index is 13.0. The van der Waals surface area contributed by atoms with Gasteiger partial charge in [0, 0.05) is 58.5 Å². The number of aromatic nitrogens is 1. The van der Waals surface area contributed by atoms with Crippen molar-refractivity contribution >= 4 is 5.91 Å². The summed E-state index contributed by atoms with van der Waals surface area (Å²) in [6.07, 6.45) is 4.08. The summed E-state index contributed by atoms with van der Waals surface area (Å²) in [5.41, 5.74) is 1.25. The Morgan fingerprint density at radius 2 is 1.83 bits per heavy atom. The maximum atomic E-state index is 13.0. The second-order valence-electron chi connectivity index (χ2n) is 9.90. The van der Waals surface area contributed by atoms with Gasteiger partial charge in [-0.15, -0.1) is 0 Å². The summed E-state index contributed by atoms with van der Waals surface area (Å²) in [6, 6.07) is 0.616. The quantitative estimate of drug-likeness (QED) is 0.749. The number of piperidine rings is 1. The second-order valence-corrected chi connectivity index (χ2v) is 9.90. The molecule has 0 unspecified atom stereocenters. The zero-order valence-corrected chi connectivity index (χ0v) is 19.2. The smallest absolute Gasteiger partial charge is 0.259 e. The standard InChI is InChI=1S/C23H38N4O3/c1-17(2)16-25-10-12-26(13-11-25)20-5-14-29-23(15-20)6-8-27(9-7-23)22(28)21-18(3)24-30-19(21)4/h17,20H,5-16H2,1-4H3/t20-/m1/s1. The predicted octanol–water partition coefficient (Wildman–Crippen LogP) is 2.72. The first-order valence-corrected chi connectivity index (χ1v) is 11.7. The van der Waals surface area contributed by atoms with E-state index in [0.29, 0.717) is 23.1 Å². The maximum Gasteiger partial charge on any atom is 0.259 e. The Hall–Kier alpha value is -1.44. The zero-order chi connectivity index (χ0) is 21.3.